The van der Waals surface area contributed by atoms with Gasteiger partial charge in [0.25, 0.3) is 0 Å². The van der Waals surface area contributed by atoms with Crippen molar-refractivity contribution in [2.45, 2.75) is 20.8 Å². The number of benzene rings is 1. The highest BCUT2D eigenvalue weighted by Gasteiger charge is 1.76. The van der Waals surface area contributed by atoms with Crippen molar-refractivity contribution in [2.75, 3.05) is 6.54 Å². The van der Waals surface area contributed by atoms with Gasteiger partial charge in [0.1, 0.15) is 5.78 Å². The lowest BCUT2D eigenvalue weighted by molar-refractivity contribution is -0.115. The van der Waals surface area contributed by atoms with Crippen LogP contribution in [0.4, 0.5) is 0 Å². The van der Waals surface area contributed by atoms with Crippen molar-refractivity contribution < 1.29 is 4.79 Å². The molecular formula is C11H19NO. The van der Waals surface area contributed by atoms with E-state index in [0.29, 0.717) is 0 Å². The molecule has 1 rings (SSSR count). The van der Waals surface area contributed by atoms with Crippen LogP contribution in [0.25, 0.3) is 0 Å². The molecule has 0 aromatic heterocycles. The van der Waals surface area contributed by atoms with Gasteiger partial charge in [0, 0.05) is 0 Å². The summed E-state index contributed by atoms with van der Waals surface area (Å²) in [6.45, 7) is 5.62. The summed E-state index contributed by atoms with van der Waals surface area (Å²) < 4.78 is 0. The molecule has 0 aliphatic rings. The van der Waals surface area contributed by atoms with Gasteiger partial charge in [-0.3, -0.25) is 4.79 Å². The average Bonchev–Trinajstić information content (AvgIpc) is 2.24. The van der Waals surface area contributed by atoms with Crippen molar-refractivity contribution in [1.29, 1.82) is 0 Å². The summed E-state index contributed by atoms with van der Waals surface area (Å²) in [5, 5.41) is 0. The van der Waals surface area contributed by atoms with E-state index in [4.69, 9.17) is 5.73 Å². The molecule has 0 spiro atoms. The lowest BCUT2D eigenvalue weighted by atomic mass is 10.4. The third kappa shape index (κ3) is 18.1. The summed E-state index contributed by atoms with van der Waals surface area (Å²) in [4.78, 5) is 9.69. The lowest BCUT2D eigenvalue weighted by Crippen LogP contribution is -2.07. The van der Waals surface area contributed by atoms with E-state index >= 15 is 0 Å². The average molecular weight is 181 g/mol. The Morgan fingerprint density at radius 3 is 1.23 bits per heavy atom. The van der Waals surface area contributed by atoms with Crippen molar-refractivity contribution in [3.8, 4) is 0 Å². The Labute approximate surface area is 80.8 Å². The van der Waals surface area contributed by atoms with Crippen LogP contribution in [0.5, 0.6) is 0 Å². The van der Waals surface area contributed by atoms with Crippen molar-refractivity contribution in [3.63, 3.8) is 0 Å². The zero-order valence-corrected chi connectivity index (χ0v) is 8.66. The van der Waals surface area contributed by atoms with Crippen LogP contribution in [0.2, 0.25) is 0 Å². The van der Waals surface area contributed by atoms with Crippen LogP contribution in [-0.4, -0.2) is 12.3 Å². The zero-order valence-electron chi connectivity index (χ0n) is 8.66. The molecular weight excluding hydrogens is 162 g/mol. The molecule has 2 nitrogen and oxygen atoms in total. The van der Waals surface area contributed by atoms with E-state index < -0.39 is 0 Å². The molecule has 0 aliphatic heterocycles. The first-order valence-electron chi connectivity index (χ1n) is 4.47. The van der Waals surface area contributed by atoms with E-state index in [1.165, 1.54) is 6.92 Å². The molecule has 0 fully saturated rings. The summed E-state index contributed by atoms with van der Waals surface area (Å²) in [6.07, 6.45) is 0. The van der Waals surface area contributed by atoms with Crippen molar-refractivity contribution in [2.24, 2.45) is 5.73 Å². The molecule has 1 aromatic carbocycles. The third-order valence-corrected chi connectivity index (χ3v) is 0.954. The second kappa shape index (κ2) is 13.4. The van der Waals surface area contributed by atoms with Crippen molar-refractivity contribution >= 4 is 5.78 Å². The Kier molecular flexibility index (Phi) is 14.9. The Morgan fingerprint density at radius 1 is 1.00 bits per heavy atom. The molecule has 0 amide bonds. The first-order chi connectivity index (χ1) is 6.27. The van der Waals surface area contributed by atoms with E-state index in [2.05, 4.69) is 0 Å². The molecule has 0 unspecified atom stereocenters. The van der Waals surface area contributed by atoms with Gasteiger partial charge < -0.3 is 5.73 Å². The molecule has 2 N–H and O–H groups in total. The maximum absolute atomic E-state index is 9.69. The second-order valence-electron chi connectivity index (χ2n) is 2.06. The number of rotatable bonds is 1. The van der Waals surface area contributed by atoms with E-state index in [0.717, 1.165) is 0 Å². The van der Waals surface area contributed by atoms with Crippen molar-refractivity contribution in [1.82, 2.24) is 0 Å². The molecule has 0 radical (unpaired) electrons. The number of hydrogen-bond acceptors (Lipinski definition) is 2. The highest BCUT2D eigenvalue weighted by atomic mass is 16.1. The molecule has 0 aliphatic carbocycles. The summed E-state index contributed by atoms with van der Waals surface area (Å²) in [5.74, 6) is 0.0324. The maximum atomic E-state index is 9.69. The summed E-state index contributed by atoms with van der Waals surface area (Å²) in [7, 11) is 0. The van der Waals surface area contributed by atoms with Gasteiger partial charge in [-0.15, -0.1) is 0 Å². The molecule has 0 bridgehead atoms. The predicted molar refractivity (Wildman–Crippen MR) is 57.5 cm³/mol. The number of carbonyl (C=O) groups is 1. The summed E-state index contributed by atoms with van der Waals surface area (Å²) in [6, 6.07) is 12.0. The fourth-order valence-corrected chi connectivity index (χ4v) is 0.385. The van der Waals surface area contributed by atoms with E-state index in [-0.39, 0.29) is 12.3 Å². The number of ketones is 1. The van der Waals surface area contributed by atoms with E-state index in [1.807, 2.05) is 50.2 Å². The van der Waals surface area contributed by atoms with Crippen LogP contribution >= 0.6 is 0 Å². The Balaban J connectivity index is 0. The van der Waals surface area contributed by atoms with Gasteiger partial charge >= 0.3 is 0 Å². The van der Waals surface area contributed by atoms with Crippen LogP contribution in [-0.2, 0) is 4.79 Å². The largest absolute Gasteiger partial charge is 0.324 e. The molecule has 0 saturated heterocycles. The minimum absolute atomic E-state index is 0.0324. The Hall–Kier alpha value is -1.15. The van der Waals surface area contributed by atoms with E-state index in [9.17, 15) is 4.79 Å². The van der Waals surface area contributed by atoms with Crippen LogP contribution in [0.1, 0.15) is 20.8 Å². The minimum Gasteiger partial charge on any atom is -0.324 e. The number of Topliss-reactive ketones (excluding diaryl/α,β-unsaturated/α-hetero) is 1. The number of nitrogens with two attached hydrogens (primary N) is 1. The molecule has 0 saturated carbocycles. The second-order valence-corrected chi connectivity index (χ2v) is 2.06. The van der Waals surface area contributed by atoms with Gasteiger partial charge in [0.15, 0.2) is 0 Å². The summed E-state index contributed by atoms with van der Waals surface area (Å²) in [5.41, 5.74) is 4.82. The monoisotopic (exact) mass is 181 g/mol. The third-order valence-electron chi connectivity index (χ3n) is 0.954. The fourth-order valence-electron chi connectivity index (χ4n) is 0.385. The van der Waals surface area contributed by atoms with E-state index in [1.54, 1.807) is 0 Å². The molecule has 13 heavy (non-hydrogen) atoms. The smallest absolute Gasteiger partial charge is 0.143 e. The van der Waals surface area contributed by atoms with Gasteiger partial charge in [-0.25, -0.2) is 0 Å². The SMILES string of the molecule is CC.CC(=O)CN.c1ccccc1. The van der Waals surface area contributed by atoms with Gasteiger partial charge in [-0.1, -0.05) is 50.2 Å². The standard InChI is InChI=1S/C6H6.C3H7NO.C2H6/c1-2-4-6-5-3-1;1-3(5)2-4;1-2/h1-6H;2,4H2,1H3;1-2H3. The van der Waals surface area contributed by atoms with Gasteiger partial charge in [0.2, 0.25) is 0 Å². The van der Waals surface area contributed by atoms with Gasteiger partial charge in [0.05, 0.1) is 6.54 Å². The zero-order chi connectivity index (χ0) is 10.5. The molecule has 74 valence electrons. The van der Waals surface area contributed by atoms with Crippen LogP contribution < -0.4 is 5.73 Å². The van der Waals surface area contributed by atoms with Gasteiger partial charge in [-0.05, 0) is 6.92 Å². The Morgan fingerprint density at radius 2 is 1.15 bits per heavy atom. The number of carbonyl (C=O) groups excluding carboxylic acids is 1. The van der Waals surface area contributed by atoms with Crippen LogP contribution in [0.3, 0.4) is 0 Å². The molecule has 0 atom stereocenters. The van der Waals surface area contributed by atoms with Crippen LogP contribution in [0.15, 0.2) is 36.4 Å². The fraction of sp³-hybridized carbons (Fsp3) is 0.364. The highest BCUT2D eigenvalue weighted by molar-refractivity contribution is 5.77. The minimum atomic E-state index is 0.0324. The van der Waals surface area contributed by atoms with Gasteiger partial charge in [-0.2, -0.15) is 0 Å². The molecule has 1 aromatic rings. The lowest BCUT2D eigenvalue weighted by Gasteiger charge is -1.73. The molecule has 0 heterocycles. The topological polar surface area (TPSA) is 43.1 Å². The first kappa shape index (κ1) is 14.4. The molecule has 2 heteroatoms. The van der Waals surface area contributed by atoms with Crippen molar-refractivity contribution in [3.05, 3.63) is 36.4 Å². The number of hydrogen-bond donors (Lipinski definition) is 1. The Bertz CT molecular complexity index is 158. The normalized spacial score (nSPS) is 7.08. The highest BCUT2D eigenvalue weighted by Crippen LogP contribution is 1.79. The van der Waals surface area contributed by atoms with Crippen LogP contribution in [0, 0.1) is 0 Å². The quantitative estimate of drug-likeness (QED) is 0.722. The first-order valence-corrected chi connectivity index (χ1v) is 4.47. The predicted octanol–water partition coefficient (Wildman–Crippen LogP) is 2.25. The maximum Gasteiger partial charge on any atom is 0.143 e. The summed E-state index contributed by atoms with van der Waals surface area (Å²) >= 11 is 0.